The van der Waals surface area contributed by atoms with Gasteiger partial charge in [-0.15, -0.1) is 11.3 Å². The van der Waals surface area contributed by atoms with Crippen LogP contribution in [0, 0.1) is 6.92 Å². The Hall–Kier alpha value is -0.170. The highest BCUT2D eigenvalue weighted by molar-refractivity contribution is 9.11. The molecule has 0 spiro atoms. The van der Waals surface area contributed by atoms with Crippen LogP contribution in [0.25, 0.3) is 0 Å². The molecule has 0 unspecified atom stereocenters. The maximum Gasteiger partial charge on any atom is 0.250 e. The highest BCUT2D eigenvalue weighted by Crippen LogP contribution is 2.20. The van der Waals surface area contributed by atoms with Gasteiger partial charge < -0.3 is 0 Å². The number of hydrogen-bond donors (Lipinski definition) is 1. The summed E-state index contributed by atoms with van der Waals surface area (Å²) in [4.78, 5) is 0.975. The Labute approximate surface area is 96.0 Å². The van der Waals surface area contributed by atoms with Crippen LogP contribution in [0.1, 0.15) is 4.88 Å². The fourth-order valence-corrected chi connectivity index (χ4v) is 3.48. The van der Waals surface area contributed by atoms with E-state index in [0.29, 0.717) is 8.69 Å². The number of aryl methyl sites for hydroxylation is 1. The Balaban J connectivity index is 2.81. The van der Waals surface area contributed by atoms with E-state index in [0.717, 1.165) is 4.88 Å². The smallest absolute Gasteiger partial charge is 0.206 e. The highest BCUT2D eigenvalue weighted by Gasteiger charge is 2.15. The second-order valence-corrected chi connectivity index (χ2v) is 7.11. The van der Waals surface area contributed by atoms with Gasteiger partial charge in [-0.2, -0.15) is 0 Å². The minimum atomic E-state index is -3.36. The molecule has 1 aromatic heterocycles. The van der Waals surface area contributed by atoms with Crippen molar-refractivity contribution < 1.29 is 8.42 Å². The summed E-state index contributed by atoms with van der Waals surface area (Å²) in [5.41, 5.74) is 0. The molecule has 3 nitrogen and oxygen atoms in total. The number of hydrogen-bond acceptors (Lipinski definition) is 3. The zero-order valence-electron chi connectivity index (χ0n) is 7.58. The number of thiophene rings is 1. The summed E-state index contributed by atoms with van der Waals surface area (Å²) in [5, 5.41) is 0. The van der Waals surface area contributed by atoms with Crippen molar-refractivity contribution >= 4 is 37.3 Å². The van der Waals surface area contributed by atoms with Crippen molar-refractivity contribution in [3.05, 3.63) is 28.1 Å². The van der Waals surface area contributed by atoms with Crippen LogP contribution in [0.15, 0.2) is 27.4 Å². The van der Waals surface area contributed by atoms with Gasteiger partial charge in [0.25, 0.3) is 0 Å². The molecule has 0 aromatic carbocycles. The molecule has 0 fully saturated rings. The van der Waals surface area contributed by atoms with Gasteiger partial charge in [-0.05, 0) is 19.1 Å². The lowest BCUT2D eigenvalue weighted by Gasteiger charge is -2.02. The van der Waals surface area contributed by atoms with Gasteiger partial charge in [0, 0.05) is 15.9 Å². The van der Waals surface area contributed by atoms with Crippen molar-refractivity contribution in [2.45, 2.75) is 11.1 Å². The molecular formula is C8H10BrNO2S2. The molecule has 0 saturated heterocycles. The van der Waals surface area contributed by atoms with Gasteiger partial charge >= 0.3 is 0 Å². The third-order valence-electron chi connectivity index (χ3n) is 1.43. The van der Waals surface area contributed by atoms with E-state index in [-0.39, 0.29) is 6.54 Å². The zero-order valence-corrected chi connectivity index (χ0v) is 10.8. The predicted octanol–water partition coefficient (Wildman–Crippen LogP) is 2.24. The minimum absolute atomic E-state index is 0.208. The highest BCUT2D eigenvalue weighted by atomic mass is 79.9. The van der Waals surface area contributed by atoms with Crippen LogP contribution in [0.2, 0.25) is 0 Å². The van der Waals surface area contributed by atoms with Crippen molar-refractivity contribution in [2.24, 2.45) is 0 Å². The Morgan fingerprint density at radius 2 is 2.29 bits per heavy atom. The lowest BCUT2D eigenvalue weighted by Crippen LogP contribution is -2.23. The van der Waals surface area contributed by atoms with Crippen LogP contribution in [-0.4, -0.2) is 15.0 Å². The first-order valence-electron chi connectivity index (χ1n) is 3.81. The van der Waals surface area contributed by atoms with E-state index in [4.69, 9.17) is 0 Å². The SMILES string of the molecule is C=C(Br)CNS(=O)(=O)c1ccc(C)s1. The first-order valence-corrected chi connectivity index (χ1v) is 6.90. The first-order chi connectivity index (χ1) is 6.42. The normalized spacial score (nSPS) is 11.6. The van der Waals surface area contributed by atoms with E-state index < -0.39 is 10.0 Å². The van der Waals surface area contributed by atoms with Gasteiger partial charge in [0.05, 0.1) is 0 Å². The molecule has 0 aliphatic carbocycles. The maximum absolute atomic E-state index is 11.6. The van der Waals surface area contributed by atoms with Crippen molar-refractivity contribution in [2.75, 3.05) is 6.54 Å². The summed E-state index contributed by atoms with van der Waals surface area (Å²) in [6.45, 7) is 5.63. The average molecular weight is 296 g/mol. The van der Waals surface area contributed by atoms with Crippen LogP contribution in [-0.2, 0) is 10.0 Å². The summed E-state index contributed by atoms with van der Waals surface area (Å²) in [5.74, 6) is 0. The lowest BCUT2D eigenvalue weighted by molar-refractivity contribution is 0.587. The van der Waals surface area contributed by atoms with E-state index in [1.54, 1.807) is 12.1 Å². The number of sulfonamides is 1. The fourth-order valence-electron chi connectivity index (χ4n) is 0.801. The molecule has 0 radical (unpaired) electrons. The van der Waals surface area contributed by atoms with Crippen molar-refractivity contribution in [1.29, 1.82) is 0 Å². The molecule has 1 heterocycles. The van der Waals surface area contributed by atoms with E-state index >= 15 is 0 Å². The molecule has 14 heavy (non-hydrogen) atoms. The third kappa shape index (κ3) is 3.20. The Kier molecular flexibility index (Phi) is 3.88. The molecule has 6 heteroatoms. The minimum Gasteiger partial charge on any atom is -0.206 e. The molecule has 1 N–H and O–H groups in total. The second kappa shape index (κ2) is 4.57. The second-order valence-electron chi connectivity index (χ2n) is 2.71. The Morgan fingerprint density at radius 3 is 2.71 bits per heavy atom. The van der Waals surface area contributed by atoms with Crippen LogP contribution in [0.5, 0.6) is 0 Å². The van der Waals surface area contributed by atoms with E-state index in [1.165, 1.54) is 11.3 Å². The first kappa shape index (κ1) is 11.9. The van der Waals surface area contributed by atoms with Crippen LogP contribution in [0.3, 0.4) is 0 Å². The summed E-state index contributed by atoms with van der Waals surface area (Å²) < 4.78 is 26.5. The van der Waals surface area contributed by atoms with Crippen molar-refractivity contribution in [1.82, 2.24) is 4.72 Å². The van der Waals surface area contributed by atoms with Gasteiger partial charge in [-0.1, -0.05) is 22.5 Å². The number of halogens is 1. The number of rotatable bonds is 4. The van der Waals surface area contributed by atoms with E-state index in [1.807, 2.05) is 6.92 Å². The summed E-state index contributed by atoms with van der Waals surface area (Å²) in [6.07, 6.45) is 0. The largest absolute Gasteiger partial charge is 0.250 e. The molecule has 0 saturated carbocycles. The molecule has 0 aliphatic heterocycles. The standard InChI is InChI=1S/C8H10BrNO2S2/c1-6(9)5-10-14(11,12)8-4-3-7(2)13-8/h3-4,10H,1,5H2,2H3. The molecule has 1 aromatic rings. The quantitative estimate of drug-likeness (QED) is 0.926. The van der Waals surface area contributed by atoms with Crippen molar-refractivity contribution in [3.8, 4) is 0 Å². The fraction of sp³-hybridized carbons (Fsp3) is 0.250. The summed E-state index contributed by atoms with van der Waals surface area (Å²) in [7, 11) is -3.36. The summed E-state index contributed by atoms with van der Waals surface area (Å²) in [6, 6.07) is 3.38. The Bertz CT molecular complexity index is 436. The lowest BCUT2D eigenvalue weighted by atomic mass is 10.5. The third-order valence-corrected chi connectivity index (χ3v) is 4.61. The van der Waals surface area contributed by atoms with Crippen LogP contribution in [0.4, 0.5) is 0 Å². The summed E-state index contributed by atoms with van der Waals surface area (Å²) >= 11 is 4.34. The monoisotopic (exact) mass is 295 g/mol. The van der Waals surface area contributed by atoms with Gasteiger partial charge in [-0.25, -0.2) is 13.1 Å². The average Bonchev–Trinajstić information content (AvgIpc) is 2.49. The molecule has 0 bridgehead atoms. The van der Waals surface area contributed by atoms with Gasteiger partial charge in [0.1, 0.15) is 4.21 Å². The molecular weight excluding hydrogens is 286 g/mol. The molecule has 1 rings (SSSR count). The Morgan fingerprint density at radius 1 is 1.64 bits per heavy atom. The van der Waals surface area contributed by atoms with Gasteiger partial charge in [0.2, 0.25) is 10.0 Å². The van der Waals surface area contributed by atoms with Crippen LogP contribution >= 0.6 is 27.3 Å². The molecule has 0 aliphatic rings. The maximum atomic E-state index is 11.6. The zero-order chi connectivity index (χ0) is 10.8. The topological polar surface area (TPSA) is 46.2 Å². The van der Waals surface area contributed by atoms with Gasteiger partial charge in [-0.3, -0.25) is 0 Å². The predicted molar refractivity (Wildman–Crippen MR) is 62.3 cm³/mol. The van der Waals surface area contributed by atoms with Crippen LogP contribution < -0.4 is 4.72 Å². The molecule has 78 valence electrons. The molecule has 0 amide bonds. The molecule has 0 atom stereocenters. The number of nitrogens with one attached hydrogen (secondary N) is 1. The van der Waals surface area contributed by atoms with E-state index in [2.05, 4.69) is 27.2 Å². The van der Waals surface area contributed by atoms with Gasteiger partial charge in [0.15, 0.2) is 0 Å². The van der Waals surface area contributed by atoms with E-state index in [9.17, 15) is 8.42 Å². The van der Waals surface area contributed by atoms with Crippen molar-refractivity contribution in [3.63, 3.8) is 0 Å².